The van der Waals surface area contributed by atoms with Gasteiger partial charge in [0.05, 0.1) is 5.69 Å². The summed E-state index contributed by atoms with van der Waals surface area (Å²) < 4.78 is 1.69. The zero-order valence-corrected chi connectivity index (χ0v) is 9.89. The van der Waals surface area contributed by atoms with Crippen LogP contribution in [0.15, 0.2) is 47.3 Å². The van der Waals surface area contributed by atoms with Crippen molar-refractivity contribution in [1.82, 2.24) is 4.57 Å². The third kappa shape index (κ3) is 2.23. The van der Waals surface area contributed by atoms with Crippen LogP contribution in [0.5, 0.6) is 0 Å². The molecule has 0 aliphatic carbocycles. The van der Waals surface area contributed by atoms with Crippen LogP contribution in [-0.2, 0) is 6.42 Å². The molecule has 0 saturated carbocycles. The zero-order valence-electron chi connectivity index (χ0n) is 9.89. The van der Waals surface area contributed by atoms with E-state index in [-0.39, 0.29) is 11.2 Å². The maximum absolute atomic E-state index is 12.1. The number of pyridine rings is 1. The van der Waals surface area contributed by atoms with Gasteiger partial charge in [-0.05, 0) is 30.7 Å². The van der Waals surface area contributed by atoms with Gasteiger partial charge in [0.15, 0.2) is 0 Å². The third-order valence-corrected chi connectivity index (χ3v) is 2.71. The molecule has 2 N–H and O–H groups in total. The Labute approximate surface area is 101 Å². The molecule has 1 heterocycles. The molecule has 0 aliphatic heterocycles. The van der Waals surface area contributed by atoms with E-state index in [0.29, 0.717) is 0 Å². The number of hydrogen-bond donors (Lipinski definition) is 1. The van der Waals surface area contributed by atoms with E-state index in [1.807, 2.05) is 36.4 Å². The number of hydrogen-bond acceptors (Lipinski definition) is 2. The lowest BCUT2D eigenvalue weighted by molar-refractivity contribution is 0.812. The highest BCUT2D eigenvalue weighted by Gasteiger charge is 2.07. The fourth-order valence-corrected chi connectivity index (χ4v) is 1.90. The lowest BCUT2D eigenvalue weighted by Crippen LogP contribution is -2.24. The van der Waals surface area contributed by atoms with E-state index < -0.39 is 0 Å². The standard InChI is InChI=1S/C14H16N2O/c1-2-6-11-9-10-13(15)14(17)16(11)12-7-4-3-5-8-12/h3-5,7-10H,2,6,15H2,1H3. The minimum atomic E-state index is -0.137. The third-order valence-electron chi connectivity index (χ3n) is 2.71. The Hall–Kier alpha value is -2.03. The van der Waals surface area contributed by atoms with Crippen LogP contribution in [0.4, 0.5) is 5.69 Å². The van der Waals surface area contributed by atoms with Crippen molar-refractivity contribution in [2.45, 2.75) is 19.8 Å². The second-order valence-corrected chi connectivity index (χ2v) is 4.01. The van der Waals surface area contributed by atoms with Gasteiger partial charge in [0.25, 0.3) is 5.56 Å². The van der Waals surface area contributed by atoms with E-state index in [0.717, 1.165) is 24.2 Å². The summed E-state index contributed by atoms with van der Waals surface area (Å²) in [4.78, 5) is 12.1. The predicted molar refractivity (Wildman–Crippen MR) is 70.4 cm³/mol. The first kappa shape index (κ1) is 11.5. The first-order valence-corrected chi connectivity index (χ1v) is 5.80. The first-order valence-electron chi connectivity index (χ1n) is 5.80. The summed E-state index contributed by atoms with van der Waals surface area (Å²) in [6, 6.07) is 13.2. The Balaban J connectivity index is 2.66. The molecule has 0 amide bonds. The van der Waals surface area contributed by atoms with Gasteiger partial charge in [-0.25, -0.2) is 0 Å². The topological polar surface area (TPSA) is 48.0 Å². The van der Waals surface area contributed by atoms with Gasteiger partial charge < -0.3 is 5.73 Å². The van der Waals surface area contributed by atoms with Gasteiger partial charge in [-0.3, -0.25) is 9.36 Å². The SMILES string of the molecule is CCCc1ccc(N)c(=O)n1-c1ccccc1. The molecule has 0 saturated heterocycles. The van der Waals surface area contributed by atoms with Gasteiger partial charge in [-0.2, -0.15) is 0 Å². The molecule has 1 aromatic heterocycles. The lowest BCUT2D eigenvalue weighted by Gasteiger charge is -2.12. The molecule has 2 rings (SSSR count). The molecular weight excluding hydrogens is 212 g/mol. The molecule has 0 atom stereocenters. The molecule has 0 radical (unpaired) electrons. The maximum Gasteiger partial charge on any atom is 0.278 e. The van der Waals surface area contributed by atoms with Crippen LogP contribution < -0.4 is 11.3 Å². The highest BCUT2D eigenvalue weighted by molar-refractivity contribution is 5.42. The number of rotatable bonds is 3. The summed E-state index contributed by atoms with van der Waals surface area (Å²) in [5.41, 5.74) is 7.71. The van der Waals surface area contributed by atoms with Crippen LogP contribution in [-0.4, -0.2) is 4.57 Å². The Morgan fingerprint density at radius 3 is 2.47 bits per heavy atom. The number of aryl methyl sites for hydroxylation is 1. The van der Waals surface area contributed by atoms with Crippen molar-refractivity contribution in [2.75, 3.05) is 5.73 Å². The molecule has 3 heteroatoms. The van der Waals surface area contributed by atoms with Crippen molar-refractivity contribution in [3.63, 3.8) is 0 Å². The van der Waals surface area contributed by atoms with Gasteiger partial charge in [-0.15, -0.1) is 0 Å². The smallest absolute Gasteiger partial charge is 0.278 e. The maximum atomic E-state index is 12.1. The number of anilines is 1. The molecule has 2 aromatic rings. The Morgan fingerprint density at radius 1 is 1.12 bits per heavy atom. The van der Waals surface area contributed by atoms with Gasteiger partial charge in [-0.1, -0.05) is 31.5 Å². The average molecular weight is 228 g/mol. The second-order valence-electron chi connectivity index (χ2n) is 4.01. The first-order chi connectivity index (χ1) is 8.24. The van der Waals surface area contributed by atoms with Crippen LogP contribution in [0.3, 0.4) is 0 Å². The van der Waals surface area contributed by atoms with E-state index in [1.54, 1.807) is 10.6 Å². The number of nitrogens with zero attached hydrogens (tertiary/aromatic N) is 1. The van der Waals surface area contributed by atoms with Crippen LogP contribution in [0.1, 0.15) is 19.0 Å². The van der Waals surface area contributed by atoms with E-state index in [2.05, 4.69) is 6.92 Å². The van der Waals surface area contributed by atoms with E-state index in [1.165, 1.54) is 0 Å². The fourth-order valence-electron chi connectivity index (χ4n) is 1.90. The highest BCUT2D eigenvalue weighted by Crippen LogP contribution is 2.11. The van der Waals surface area contributed by atoms with Gasteiger partial charge >= 0.3 is 0 Å². The van der Waals surface area contributed by atoms with Crippen molar-refractivity contribution in [3.05, 3.63) is 58.5 Å². The molecule has 0 aliphatic rings. The van der Waals surface area contributed by atoms with Crippen LogP contribution in [0, 0.1) is 0 Å². The van der Waals surface area contributed by atoms with Crippen molar-refractivity contribution < 1.29 is 0 Å². The molecule has 88 valence electrons. The Bertz CT molecular complexity index is 558. The number of aromatic nitrogens is 1. The van der Waals surface area contributed by atoms with E-state index in [4.69, 9.17) is 5.73 Å². The molecular formula is C14H16N2O. The van der Waals surface area contributed by atoms with Crippen LogP contribution >= 0.6 is 0 Å². The monoisotopic (exact) mass is 228 g/mol. The molecule has 0 bridgehead atoms. The molecule has 3 nitrogen and oxygen atoms in total. The largest absolute Gasteiger partial charge is 0.394 e. The van der Waals surface area contributed by atoms with Crippen LogP contribution in [0.25, 0.3) is 5.69 Å². The van der Waals surface area contributed by atoms with E-state index >= 15 is 0 Å². The second kappa shape index (κ2) is 4.87. The molecule has 1 aromatic carbocycles. The van der Waals surface area contributed by atoms with Crippen molar-refractivity contribution in [2.24, 2.45) is 0 Å². The zero-order chi connectivity index (χ0) is 12.3. The number of nitrogens with two attached hydrogens (primary N) is 1. The average Bonchev–Trinajstić information content (AvgIpc) is 2.36. The summed E-state index contributed by atoms with van der Waals surface area (Å²) in [7, 11) is 0. The quantitative estimate of drug-likeness (QED) is 0.876. The normalized spacial score (nSPS) is 10.4. The Morgan fingerprint density at radius 2 is 1.82 bits per heavy atom. The summed E-state index contributed by atoms with van der Waals surface area (Å²) in [6.45, 7) is 2.09. The lowest BCUT2D eigenvalue weighted by atomic mass is 10.2. The predicted octanol–water partition coefficient (Wildman–Crippen LogP) is 2.37. The molecule has 0 spiro atoms. The Kier molecular flexibility index (Phi) is 3.28. The molecule has 17 heavy (non-hydrogen) atoms. The summed E-state index contributed by atoms with van der Waals surface area (Å²) >= 11 is 0. The summed E-state index contributed by atoms with van der Waals surface area (Å²) in [6.07, 6.45) is 1.86. The molecule has 0 fully saturated rings. The fraction of sp³-hybridized carbons (Fsp3) is 0.214. The number of benzene rings is 1. The van der Waals surface area contributed by atoms with E-state index in [9.17, 15) is 4.79 Å². The van der Waals surface area contributed by atoms with Crippen molar-refractivity contribution >= 4 is 5.69 Å². The van der Waals surface area contributed by atoms with Gasteiger partial charge in [0.2, 0.25) is 0 Å². The minimum Gasteiger partial charge on any atom is -0.394 e. The number of nitrogen functional groups attached to an aromatic ring is 1. The number of para-hydroxylation sites is 1. The van der Waals surface area contributed by atoms with Crippen LogP contribution in [0.2, 0.25) is 0 Å². The van der Waals surface area contributed by atoms with Gasteiger partial charge in [0.1, 0.15) is 0 Å². The van der Waals surface area contributed by atoms with Crippen molar-refractivity contribution in [3.8, 4) is 5.69 Å². The highest BCUT2D eigenvalue weighted by atomic mass is 16.1. The molecule has 0 unspecified atom stereocenters. The summed E-state index contributed by atoms with van der Waals surface area (Å²) in [5.74, 6) is 0. The minimum absolute atomic E-state index is 0.137. The van der Waals surface area contributed by atoms with Gasteiger partial charge in [0, 0.05) is 11.4 Å². The summed E-state index contributed by atoms with van der Waals surface area (Å²) in [5, 5.41) is 0. The van der Waals surface area contributed by atoms with Crippen molar-refractivity contribution in [1.29, 1.82) is 0 Å².